The Balaban J connectivity index is 1.36. The lowest BCUT2D eigenvalue weighted by molar-refractivity contribution is 0.0921. The fourth-order valence-corrected chi connectivity index (χ4v) is 5.33. The number of thiophene rings is 1. The molecule has 154 valence electrons. The van der Waals surface area contributed by atoms with Crippen molar-refractivity contribution in [3.8, 4) is 10.4 Å². The monoisotopic (exact) mass is 410 g/mol. The van der Waals surface area contributed by atoms with Crippen molar-refractivity contribution in [3.05, 3.63) is 46.8 Å². The smallest absolute Gasteiger partial charge is 0.261 e. The van der Waals surface area contributed by atoms with Gasteiger partial charge in [0.2, 0.25) is 0 Å². The number of amides is 2. The van der Waals surface area contributed by atoms with Crippen LogP contribution in [0.4, 0.5) is 0 Å². The summed E-state index contributed by atoms with van der Waals surface area (Å²) >= 11 is 1.51. The van der Waals surface area contributed by atoms with E-state index in [1.54, 1.807) is 0 Å². The van der Waals surface area contributed by atoms with E-state index in [1.807, 2.05) is 36.4 Å². The Morgan fingerprint density at radius 3 is 1.83 bits per heavy atom. The normalized spacial score (nSPS) is 18.3. The van der Waals surface area contributed by atoms with Gasteiger partial charge in [-0.1, -0.05) is 50.7 Å². The van der Waals surface area contributed by atoms with Gasteiger partial charge in [-0.3, -0.25) is 9.59 Å². The van der Waals surface area contributed by atoms with Gasteiger partial charge in [0.1, 0.15) is 0 Å². The molecule has 0 unspecified atom stereocenters. The molecule has 2 fully saturated rings. The topological polar surface area (TPSA) is 58.2 Å². The molecule has 4 rings (SSSR count). The van der Waals surface area contributed by atoms with Gasteiger partial charge in [-0.25, -0.2) is 0 Å². The van der Waals surface area contributed by atoms with E-state index in [9.17, 15) is 9.59 Å². The second-order valence-corrected chi connectivity index (χ2v) is 9.44. The number of hydrogen-bond acceptors (Lipinski definition) is 3. The lowest BCUT2D eigenvalue weighted by Gasteiger charge is -2.22. The number of nitrogens with one attached hydrogen (secondary N) is 2. The first kappa shape index (κ1) is 20.1. The highest BCUT2D eigenvalue weighted by molar-refractivity contribution is 7.17. The molecule has 1 heterocycles. The molecular formula is C24H30N2O2S. The minimum atomic E-state index is 0.0159. The van der Waals surface area contributed by atoms with Gasteiger partial charge in [-0.15, -0.1) is 11.3 Å². The molecule has 2 N–H and O–H groups in total. The van der Waals surface area contributed by atoms with Gasteiger partial charge in [0.15, 0.2) is 0 Å². The zero-order valence-electron chi connectivity index (χ0n) is 16.9. The molecular weight excluding hydrogens is 380 g/mol. The minimum Gasteiger partial charge on any atom is -0.349 e. The van der Waals surface area contributed by atoms with Gasteiger partial charge in [0.05, 0.1) is 4.88 Å². The first-order chi connectivity index (χ1) is 14.2. The molecule has 5 heteroatoms. The summed E-state index contributed by atoms with van der Waals surface area (Å²) < 4.78 is 0. The first-order valence-corrected chi connectivity index (χ1v) is 11.8. The summed E-state index contributed by atoms with van der Waals surface area (Å²) in [4.78, 5) is 26.8. The Labute approximate surface area is 177 Å². The highest BCUT2D eigenvalue weighted by Gasteiger charge is 2.19. The van der Waals surface area contributed by atoms with Gasteiger partial charge in [0, 0.05) is 22.5 Å². The maximum atomic E-state index is 12.5. The number of benzene rings is 1. The second-order valence-electron chi connectivity index (χ2n) is 8.36. The van der Waals surface area contributed by atoms with Crippen LogP contribution in [0.5, 0.6) is 0 Å². The van der Waals surface area contributed by atoms with Crippen LogP contribution in [0.1, 0.15) is 84.2 Å². The summed E-state index contributed by atoms with van der Waals surface area (Å²) in [5.74, 6) is 0.0545. The van der Waals surface area contributed by atoms with E-state index < -0.39 is 0 Å². The van der Waals surface area contributed by atoms with Crippen LogP contribution >= 0.6 is 11.3 Å². The Kier molecular flexibility index (Phi) is 6.65. The van der Waals surface area contributed by atoms with Crippen molar-refractivity contribution in [2.45, 2.75) is 76.3 Å². The first-order valence-electron chi connectivity index (χ1n) is 11.0. The standard InChI is InChI=1S/C24H30N2O2S/c27-23(25-19-7-3-1-4-8-19)18-13-11-17(12-14-18)21-15-16-22(29-21)24(28)26-20-9-5-2-6-10-20/h11-16,19-20H,1-10H2,(H,25,27)(H,26,28). The predicted octanol–water partition coefficient (Wildman–Crippen LogP) is 5.54. The molecule has 2 amide bonds. The molecule has 4 nitrogen and oxygen atoms in total. The summed E-state index contributed by atoms with van der Waals surface area (Å²) in [5, 5.41) is 6.34. The summed E-state index contributed by atoms with van der Waals surface area (Å²) in [5.41, 5.74) is 1.74. The van der Waals surface area contributed by atoms with Crippen LogP contribution < -0.4 is 10.6 Å². The third-order valence-electron chi connectivity index (χ3n) is 6.14. The molecule has 0 radical (unpaired) electrons. The van der Waals surface area contributed by atoms with Crippen LogP contribution in [0.2, 0.25) is 0 Å². The van der Waals surface area contributed by atoms with Crippen molar-refractivity contribution < 1.29 is 9.59 Å². The van der Waals surface area contributed by atoms with Crippen molar-refractivity contribution in [1.29, 1.82) is 0 Å². The zero-order chi connectivity index (χ0) is 20.1. The Morgan fingerprint density at radius 2 is 1.24 bits per heavy atom. The van der Waals surface area contributed by atoms with E-state index in [0.717, 1.165) is 41.0 Å². The lowest BCUT2D eigenvalue weighted by Crippen LogP contribution is -2.36. The molecule has 2 aliphatic carbocycles. The molecule has 2 aromatic rings. The van der Waals surface area contributed by atoms with Crippen molar-refractivity contribution in [1.82, 2.24) is 10.6 Å². The largest absolute Gasteiger partial charge is 0.349 e. The molecule has 0 saturated heterocycles. The Bertz CT molecular complexity index is 831. The molecule has 0 aliphatic heterocycles. The molecule has 2 saturated carbocycles. The summed E-state index contributed by atoms with van der Waals surface area (Å²) in [6.45, 7) is 0. The fourth-order valence-electron chi connectivity index (χ4n) is 4.42. The van der Waals surface area contributed by atoms with E-state index >= 15 is 0 Å². The maximum absolute atomic E-state index is 12.5. The maximum Gasteiger partial charge on any atom is 0.261 e. The molecule has 1 aromatic heterocycles. The fraction of sp³-hybridized carbons (Fsp3) is 0.500. The second kappa shape index (κ2) is 9.57. The minimum absolute atomic E-state index is 0.0159. The molecule has 0 atom stereocenters. The van der Waals surface area contributed by atoms with Crippen LogP contribution in [-0.2, 0) is 0 Å². The molecule has 0 bridgehead atoms. The molecule has 29 heavy (non-hydrogen) atoms. The number of carbonyl (C=O) groups is 2. The van der Waals surface area contributed by atoms with Gasteiger partial charge < -0.3 is 10.6 Å². The highest BCUT2D eigenvalue weighted by Crippen LogP contribution is 2.29. The van der Waals surface area contributed by atoms with Crippen molar-refractivity contribution in [2.24, 2.45) is 0 Å². The quantitative estimate of drug-likeness (QED) is 0.680. The third-order valence-corrected chi connectivity index (χ3v) is 7.28. The summed E-state index contributed by atoms with van der Waals surface area (Å²) in [6, 6.07) is 12.3. The SMILES string of the molecule is O=C(NC1CCCCC1)c1ccc(-c2ccc(C(=O)NC3CCCCC3)s2)cc1. The molecule has 2 aliphatic rings. The highest BCUT2D eigenvalue weighted by atomic mass is 32.1. The van der Waals surface area contributed by atoms with E-state index in [0.29, 0.717) is 17.6 Å². The van der Waals surface area contributed by atoms with E-state index in [2.05, 4.69) is 10.6 Å². The predicted molar refractivity (Wildman–Crippen MR) is 118 cm³/mol. The van der Waals surface area contributed by atoms with Crippen molar-refractivity contribution in [3.63, 3.8) is 0 Å². The molecule has 0 spiro atoms. The average Bonchev–Trinajstić information content (AvgIpc) is 3.26. The van der Waals surface area contributed by atoms with Gasteiger partial charge in [0.25, 0.3) is 11.8 Å². The average molecular weight is 411 g/mol. The Hall–Kier alpha value is -2.14. The number of hydrogen-bond donors (Lipinski definition) is 2. The van der Waals surface area contributed by atoms with Crippen molar-refractivity contribution >= 4 is 23.2 Å². The van der Waals surface area contributed by atoms with Crippen LogP contribution in [0, 0.1) is 0 Å². The van der Waals surface area contributed by atoms with E-state index in [4.69, 9.17) is 0 Å². The summed E-state index contributed by atoms with van der Waals surface area (Å²) in [7, 11) is 0. The summed E-state index contributed by atoms with van der Waals surface area (Å²) in [6.07, 6.45) is 11.8. The van der Waals surface area contributed by atoms with Crippen LogP contribution in [0.3, 0.4) is 0 Å². The molecule has 1 aromatic carbocycles. The number of rotatable bonds is 5. The van der Waals surface area contributed by atoms with Gasteiger partial charge in [-0.05, 0) is 55.5 Å². The van der Waals surface area contributed by atoms with Crippen LogP contribution in [0.15, 0.2) is 36.4 Å². The Morgan fingerprint density at radius 1 is 0.690 bits per heavy atom. The number of carbonyl (C=O) groups excluding carboxylic acids is 2. The van der Waals surface area contributed by atoms with Crippen LogP contribution in [0.25, 0.3) is 10.4 Å². The third kappa shape index (κ3) is 5.27. The zero-order valence-corrected chi connectivity index (χ0v) is 17.7. The van der Waals surface area contributed by atoms with Crippen molar-refractivity contribution in [2.75, 3.05) is 0 Å². The lowest BCUT2D eigenvalue weighted by atomic mass is 9.95. The van der Waals surface area contributed by atoms with Gasteiger partial charge in [-0.2, -0.15) is 0 Å². The van der Waals surface area contributed by atoms with Gasteiger partial charge >= 0.3 is 0 Å². The van der Waals surface area contributed by atoms with E-state index in [-0.39, 0.29) is 11.8 Å². The van der Waals surface area contributed by atoms with Crippen LogP contribution in [-0.4, -0.2) is 23.9 Å². The van der Waals surface area contributed by atoms with E-state index in [1.165, 1.54) is 49.9 Å².